The van der Waals surface area contributed by atoms with Crippen molar-refractivity contribution in [1.82, 2.24) is 0 Å². The predicted molar refractivity (Wildman–Crippen MR) is 77.7 cm³/mol. The van der Waals surface area contributed by atoms with E-state index in [1.54, 1.807) is 0 Å². The van der Waals surface area contributed by atoms with Crippen molar-refractivity contribution in [2.24, 2.45) is 0 Å². The molecule has 82 valence electrons. The molecule has 0 aliphatic heterocycles. The van der Waals surface area contributed by atoms with Crippen molar-refractivity contribution in [3.8, 4) is 0 Å². The van der Waals surface area contributed by atoms with Gasteiger partial charge in [0.25, 0.3) is 0 Å². The van der Waals surface area contributed by atoms with Crippen molar-refractivity contribution >= 4 is 22.6 Å². The average Bonchev–Trinajstić information content (AvgIpc) is 2.28. The number of aryl methyl sites for hydroxylation is 3. The normalized spacial score (nSPS) is 10.4. The molecule has 1 heteroatoms. The third-order valence-corrected chi connectivity index (χ3v) is 3.38. The molecule has 0 radical (unpaired) electrons. The minimum absolute atomic E-state index is 1.12. The molecule has 0 saturated heterocycles. The van der Waals surface area contributed by atoms with Gasteiger partial charge in [-0.15, -0.1) is 0 Å². The van der Waals surface area contributed by atoms with Crippen LogP contribution >= 0.6 is 22.6 Å². The molecule has 2 aromatic carbocycles. The van der Waals surface area contributed by atoms with Gasteiger partial charge in [-0.2, -0.15) is 0 Å². The van der Waals surface area contributed by atoms with Crippen LogP contribution in [0, 0.1) is 10.5 Å². The third kappa shape index (κ3) is 3.34. The van der Waals surface area contributed by atoms with Gasteiger partial charge in [-0.25, -0.2) is 0 Å². The molecule has 2 rings (SSSR count). The average molecular weight is 322 g/mol. The highest BCUT2D eigenvalue weighted by molar-refractivity contribution is 14.1. The first-order chi connectivity index (χ1) is 7.74. The summed E-state index contributed by atoms with van der Waals surface area (Å²) >= 11 is 2.36. The molecule has 0 atom stereocenters. The molecule has 0 saturated carbocycles. The van der Waals surface area contributed by atoms with E-state index in [1.807, 2.05) is 0 Å². The fourth-order valence-corrected chi connectivity index (χ4v) is 2.34. The number of benzene rings is 2. The van der Waals surface area contributed by atoms with Gasteiger partial charge >= 0.3 is 0 Å². The molecule has 0 heterocycles. The number of hydrogen-bond acceptors (Lipinski definition) is 0. The van der Waals surface area contributed by atoms with Crippen molar-refractivity contribution in [3.63, 3.8) is 0 Å². The molecule has 0 unspecified atom stereocenters. The maximum absolute atomic E-state index is 2.36. The monoisotopic (exact) mass is 322 g/mol. The standard InChI is InChI=1S/C15H15I/c1-12-5-7-13(8-6-12)9-10-14-3-2-4-15(16)11-14/h2-8,11H,9-10H2,1H3. The lowest BCUT2D eigenvalue weighted by molar-refractivity contribution is 0.958. The number of rotatable bonds is 3. The molecular weight excluding hydrogens is 307 g/mol. The van der Waals surface area contributed by atoms with Gasteiger partial charge < -0.3 is 0 Å². The van der Waals surface area contributed by atoms with E-state index < -0.39 is 0 Å². The van der Waals surface area contributed by atoms with Gasteiger partial charge in [-0.1, -0.05) is 42.0 Å². The Morgan fingerprint density at radius 1 is 0.875 bits per heavy atom. The van der Waals surface area contributed by atoms with Crippen LogP contribution in [-0.2, 0) is 12.8 Å². The second-order valence-corrected chi connectivity index (χ2v) is 5.36. The van der Waals surface area contributed by atoms with E-state index in [0.29, 0.717) is 0 Å². The van der Waals surface area contributed by atoms with E-state index in [4.69, 9.17) is 0 Å². The Morgan fingerprint density at radius 2 is 1.56 bits per heavy atom. The van der Waals surface area contributed by atoms with Crippen molar-refractivity contribution in [2.45, 2.75) is 19.8 Å². The van der Waals surface area contributed by atoms with Gasteiger partial charge in [0.2, 0.25) is 0 Å². The molecule has 0 nitrogen and oxygen atoms in total. The van der Waals surface area contributed by atoms with Crippen LogP contribution in [0.4, 0.5) is 0 Å². The van der Waals surface area contributed by atoms with Crippen molar-refractivity contribution in [2.75, 3.05) is 0 Å². The molecule has 16 heavy (non-hydrogen) atoms. The Bertz CT molecular complexity index is 457. The molecule has 0 fully saturated rings. The van der Waals surface area contributed by atoms with E-state index in [0.717, 1.165) is 12.8 Å². The van der Waals surface area contributed by atoms with Crippen LogP contribution in [0.3, 0.4) is 0 Å². The maximum Gasteiger partial charge on any atom is 0.0133 e. The summed E-state index contributed by atoms with van der Waals surface area (Å²) < 4.78 is 1.32. The zero-order chi connectivity index (χ0) is 11.4. The quantitative estimate of drug-likeness (QED) is 0.736. The van der Waals surface area contributed by atoms with Crippen LogP contribution in [0.1, 0.15) is 16.7 Å². The van der Waals surface area contributed by atoms with Gasteiger partial charge in [-0.05, 0) is 65.6 Å². The molecule has 0 bridgehead atoms. The second-order valence-electron chi connectivity index (χ2n) is 4.12. The lowest BCUT2D eigenvalue weighted by Crippen LogP contribution is -1.91. The summed E-state index contributed by atoms with van der Waals surface area (Å²) in [6.07, 6.45) is 2.25. The summed E-state index contributed by atoms with van der Waals surface area (Å²) in [6, 6.07) is 17.5. The lowest BCUT2D eigenvalue weighted by atomic mass is 10.0. The maximum atomic E-state index is 2.36. The zero-order valence-corrected chi connectivity index (χ0v) is 11.6. The van der Waals surface area contributed by atoms with Gasteiger partial charge in [-0.3, -0.25) is 0 Å². The summed E-state index contributed by atoms with van der Waals surface area (Å²) in [5.74, 6) is 0. The highest BCUT2D eigenvalue weighted by Gasteiger charge is 1.96. The molecule has 0 spiro atoms. The summed E-state index contributed by atoms with van der Waals surface area (Å²) in [5, 5.41) is 0. The first-order valence-electron chi connectivity index (χ1n) is 5.54. The van der Waals surface area contributed by atoms with E-state index in [2.05, 4.69) is 78.0 Å². The van der Waals surface area contributed by atoms with Gasteiger partial charge in [0.1, 0.15) is 0 Å². The highest BCUT2D eigenvalue weighted by atomic mass is 127. The molecule has 0 aliphatic carbocycles. The summed E-state index contributed by atoms with van der Waals surface area (Å²) in [4.78, 5) is 0. The van der Waals surface area contributed by atoms with E-state index >= 15 is 0 Å². The summed E-state index contributed by atoms with van der Waals surface area (Å²) in [5.41, 5.74) is 4.18. The Hall–Kier alpha value is -0.830. The van der Waals surface area contributed by atoms with Crippen molar-refractivity contribution < 1.29 is 0 Å². The van der Waals surface area contributed by atoms with E-state index in [9.17, 15) is 0 Å². The Balaban J connectivity index is 1.99. The minimum Gasteiger partial charge on any atom is -0.0609 e. The van der Waals surface area contributed by atoms with E-state index in [-0.39, 0.29) is 0 Å². The van der Waals surface area contributed by atoms with Gasteiger partial charge in [0, 0.05) is 3.57 Å². The Morgan fingerprint density at radius 3 is 2.25 bits per heavy atom. The first kappa shape index (κ1) is 11.6. The largest absolute Gasteiger partial charge is 0.0609 e. The first-order valence-corrected chi connectivity index (χ1v) is 6.62. The lowest BCUT2D eigenvalue weighted by Gasteiger charge is -2.03. The van der Waals surface area contributed by atoms with Crippen LogP contribution in [0.15, 0.2) is 48.5 Å². The molecular formula is C15H15I. The Kier molecular flexibility index (Phi) is 3.99. The van der Waals surface area contributed by atoms with Crippen LogP contribution < -0.4 is 0 Å². The SMILES string of the molecule is Cc1ccc(CCc2cccc(I)c2)cc1. The van der Waals surface area contributed by atoms with Gasteiger partial charge in [0.05, 0.1) is 0 Å². The van der Waals surface area contributed by atoms with Gasteiger partial charge in [0.15, 0.2) is 0 Å². The summed E-state index contributed by atoms with van der Waals surface area (Å²) in [6.45, 7) is 2.13. The number of halogens is 1. The zero-order valence-electron chi connectivity index (χ0n) is 9.41. The van der Waals surface area contributed by atoms with Crippen molar-refractivity contribution in [3.05, 3.63) is 68.8 Å². The molecule has 0 amide bonds. The Labute approximate surface area is 111 Å². The minimum atomic E-state index is 1.12. The van der Waals surface area contributed by atoms with Crippen LogP contribution in [-0.4, -0.2) is 0 Å². The highest BCUT2D eigenvalue weighted by Crippen LogP contribution is 2.11. The fourth-order valence-electron chi connectivity index (χ4n) is 1.74. The molecule has 0 N–H and O–H groups in total. The number of hydrogen-bond donors (Lipinski definition) is 0. The topological polar surface area (TPSA) is 0 Å². The smallest absolute Gasteiger partial charge is 0.0133 e. The van der Waals surface area contributed by atoms with Crippen LogP contribution in [0.25, 0.3) is 0 Å². The molecule has 0 aliphatic rings. The third-order valence-electron chi connectivity index (χ3n) is 2.71. The van der Waals surface area contributed by atoms with E-state index in [1.165, 1.54) is 20.3 Å². The molecule has 0 aromatic heterocycles. The van der Waals surface area contributed by atoms with Crippen molar-refractivity contribution in [1.29, 1.82) is 0 Å². The molecule has 2 aromatic rings. The summed E-state index contributed by atoms with van der Waals surface area (Å²) in [7, 11) is 0. The predicted octanol–water partition coefficient (Wildman–Crippen LogP) is 4.38. The second kappa shape index (κ2) is 5.48. The fraction of sp³-hybridized carbons (Fsp3) is 0.200. The van der Waals surface area contributed by atoms with Crippen LogP contribution in [0.5, 0.6) is 0 Å². The van der Waals surface area contributed by atoms with Crippen LogP contribution in [0.2, 0.25) is 0 Å².